The third-order valence-corrected chi connectivity index (χ3v) is 2.75. The van der Waals surface area contributed by atoms with Gasteiger partial charge in [-0.1, -0.05) is 23.4 Å². The molecular formula is C15H11ClFN3O. The number of benzene rings is 1. The number of rotatable bonds is 2. The van der Waals surface area contributed by atoms with Gasteiger partial charge < -0.3 is 11.1 Å². The van der Waals surface area contributed by atoms with Crippen LogP contribution < -0.4 is 11.1 Å². The van der Waals surface area contributed by atoms with Crippen molar-refractivity contribution in [3.63, 3.8) is 0 Å². The second kappa shape index (κ2) is 6.84. The number of carbonyl (C=O) groups excluding carboxylic acids is 1. The molecule has 0 fully saturated rings. The van der Waals surface area contributed by atoms with Crippen molar-refractivity contribution in [3.8, 4) is 11.8 Å². The van der Waals surface area contributed by atoms with Crippen LogP contribution in [0.4, 0.5) is 10.1 Å². The van der Waals surface area contributed by atoms with Gasteiger partial charge in [-0.2, -0.15) is 0 Å². The molecule has 0 bridgehead atoms. The molecule has 106 valence electrons. The summed E-state index contributed by atoms with van der Waals surface area (Å²) in [6, 6.07) is 7.14. The number of halogens is 2. The Labute approximate surface area is 126 Å². The molecule has 1 amide bonds. The van der Waals surface area contributed by atoms with Crippen LogP contribution in [0.25, 0.3) is 0 Å². The number of nitrogens with zero attached hydrogens (tertiary/aromatic N) is 1. The normalized spacial score (nSPS) is 9.67. The molecule has 0 aliphatic rings. The lowest BCUT2D eigenvalue weighted by atomic mass is 10.2. The minimum absolute atomic E-state index is 0.0400. The minimum Gasteiger partial charge on any atom is -0.320 e. The quantitative estimate of drug-likeness (QED) is 0.837. The van der Waals surface area contributed by atoms with E-state index < -0.39 is 11.7 Å². The topological polar surface area (TPSA) is 68.0 Å². The Morgan fingerprint density at radius 3 is 2.81 bits per heavy atom. The summed E-state index contributed by atoms with van der Waals surface area (Å²) in [4.78, 5) is 15.9. The summed E-state index contributed by atoms with van der Waals surface area (Å²) in [5.74, 6) is 4.34. The Morgan fingerprint density at radius 1 is 1.38 bits per heavy atom. The molecule has 4 nitrogen and oxygen atoms in total. The Morgan fingerprint density at radius 2 is 2.19 bits per heavy atom. The Kier molecular flexibility index (Phi) is 4.88. The van der Waals surface area contributed by atoms with E-state index in [1.165, 1.54) is 24.4 Å². The largest absolute Gasteiger partial charge is 0.320 e. The molecule has 0 aliphatic carbocycles. The fourth-order valence-electron chi connectivity index (χ4n) is 1.53. The highest BCUT2D eigenvalue weighted by Crippen LogP contribution is 2.19. The van der Waals surface area contributed by atoms with E-state index in [1.54, 1.807) is 6.07 Å². The van der Waals surface area contributed by atoms with Crippen molar-refractivity contribution in [1.82, 2.24) is 4.98 Å². The maximum atomic E-state index is 13.6. The van der Waals surface area contributed by atoms with Crippen LogP contribution in [0.3, 0.4) is 0 Å². The second-order valence-electron chi connectivity index (χ2n) is 4.02. The zero-order valence-electron chi connectivity index (χ0n) is 10.9. The Balaban J connectivity index is 2.13. The highest BCUT2D eigenvalue weighted by Gasteiger charge is 2.10. The van der Waals surface area contributed by atoms with Crippen molar-refractivity contribution < 1.29 is 9.18 Å². The van der Waals surface area contributed by atoms with Gasteiger partial charge in [-0.3, -0.25) is 4.79 Å². The van der Waals surface area contributed by atoms with Gasteiger partial charge in [0.05, 0.1) is 12.2 Å². The Hall–Kier alpha value is -2.42. The molecule has 0 unspecified atom stereocenters. The van der Waals surface area contributed by atoms with Crippen LogP contribution in [0.15, 0.2) is 36.5 Å². The van der Waals surface area contributed by atoms with Crippen molar-refractivity contribution in [2.75, 3.05) is 11.9 Å². The summed E-state index contributed by atoms with van der Waals surface area (Å²) < 4.78 is 13.6. The summed E-state index contributed by atoms with van der Waals surface area (Å²) in [5, 5.41) is 2.68. The number of anilines is 1. The zero-order valence-corrected chi connectivity index (χ0v) is 11.6. The van der Waals surface area contributed by atoms with E-state index in [4.69, 9.17) is 17.3 Å². The molecule has 2 rings (SSSR count). The molecule has 1 heterocycles. The van der Waals surface area contributed by atoms with E-state index >= 15 is 0 Å². The number of amides is 1. The maximum Gasteiger partial charge on any atom is 0.274 e. The van der Waals surface area contributed by atoms with E-state index in [-0.39, 0.29) is 22.9 Å². The first-order chi connectivity index (χ1) is 10.1. The Bertz CT molecular complexity index is 720. The van der Waals surface area contributed by atoms with E-state index in [0.29, 0.717) is 5.56 Å². The SMILES string of the molecule is NCC#Cc1ccc(C(=O)Nc2ccc(Cl)cc2F)nc1. The summed E-state index contributed by atoms with van der Waals surface area (Å²) in [6.45, 7) is 0.248. The fourth-order valence-corrected chi connectivity index (χ4v) is 1.69. The van der Waals surface area contributed by atoms with Crippen LogP contribution in [0.2, 0.25) is 5.02 Å². The monoisotopic (exact) mass is 303 g/mol. The van der Waals surface area contributed by atoms with Gasteiger partial charge >= 0.3 is 0 Å². The lowest BCUT2D eigenvalue weighted by molar-refractivity contribution is 0.102. The molecule has 0 saturated heterocycles. The van der Waals surface area contributed by atoms with Crippen LogP contribution >= 0.6 is 11.6 Å². The third kappa shape index (κ3) is 4.02. The minimum atomic E-state index is -0.610. The fraction of sp³-hybridized carbons (Fsp3) is 0.0667. The van der Waals surface area contributed by atoms with Crippen LogP contribution in [0, 0.1) is 17.7 Å². The molecule has 6 heteroatoms. The smallest absolute Gasteiger partial charge is 0.274 e. The first-order valence-electron chi connectivity index (χ1n) is 6.01. The number of hydrogen-bond acceptors (Lipinski definition) is 3. The number of carbonyl (C=O) groups is 1. The molecule has 0 atom stereocenters. The maximum absolute atomic E-state index is 13.6. The number of hydrogen-bond donors (Lipinski definition) is 2. The number of nitrogens with two attached hydrogens (primary N) is 1. The van der Waals surface area contributed by atoms with Gasteiger partial charge in [0.1, 0.15) is 11.5 Å². The van der Waals surface area contributed by atoms with Crippen molar-refractivity contribution in [3.05, 3.63) is 58.6 Å². The second-order valence-corrected chi connectivity index (χ2v) is 4.45. The molecule has 1 aromatic heterocycles. The molecule has 0 saturated carbocycles. The van der Waals surface area contributed by atoms with Crippen molar-refractivity contribution >= 4 is 23.2 Å². The molecule has 21 heavy (non-hydrogen) atoms. The standard InChI is InChI=1S/C15H11ClFN3O/c16-11-4-6-13(12(17)8-11)20-15(21)14-5-3-10(9-19-14)2-1-7-18/h3-6,8-9H,7,18H2,(H,20,21). The van der Waals surface area contributed by atoms with Crippen molar-refractivity contribution in [2.24, 2.45) is 5.73 Å². The number of aromatic nitrogens is 1. The van der Waals surface area contributed by atoms with Crippen molar-refractivity contribution in [1.29, 1.82) is 0 Å². The molecular weight excluding hydrogens is 293 g/mol. The summed E-state index contributed by atoms with van der Waals surface area (Å²) in [5.41, 5.74) is 6.11. The van der Waals surface area contributed by atoms with E-state index in [1.807, 2.05) is 0 Å². The van der Waals surface area contributed by atoms with Crippen LogP contribution in [0.1, 0.15) is 16.1 Å². The number of pyridine rings is 1. The highest BCUT2D eigenvalue weighted by molar-refractivity contribution is 6.30. The van der Waals surface area contributed by atoms with Crippen LogP contribution in [0.5, 0.6) is 0 Å². The summed E-state index contributed by atoms with van der Waals surface area (Å²) in [7, 11) is 0. The van der Waals surface area contributed by atoms with Crippen molar-refractivity contribution in [2.45, 2.75) is 0 Å². The van der Waals surface area contributed by atoms with Gasteiger partial charge in [-0.15, -0.1) is 0 Å². The van der Waals surface area contributed by atoms with Gasteiger partial charge in [0.25, 0.3) is 5.91 Å². The highest BCUT2D eigenvalue weighted by atomic mass is 35.5. The predicted molar refractivity (Wildman–Crippen MR) is 79.5 cm³/mol. The first-order valence-corrected chi connectivity index (χ1v) is 6.39. The molecule has 3 N–H and O–H groups in total. The number of nitrogens with one attached hydrogen (secondary N) is 1. The summed E-state index contributed by atoms with van der Waals surface area (Å²) >= 11 is 5.64. The first kappa shape index (κ1) is 15.0. The average Bonchev–Trinajstić information content (AvgIpc) is 2.48. The van der Waals surface area contributed by atoms with Crippen LogP contribution in [-0.4, -0.2) is 17.4 Å². The predicted octanol–water partition coefficient (Wildman–Crippen LogP) is 2.44. The third-order valence-electron chi connectivity index (χ3n) is 2.51. The molecule has 0 radical (unpaired) electrons. The van der Waals surface area contributed by atoms with E-state index in [0.717, 1.165) is 6.07 Å². The summed E-state index contributed by atoms with van der Waals surface area (Å²) in [6.07, 6.45) is 1.45. The molecule has 0 aliphatic heterocycles. The average molecular weight is 304 g/mol. The lowest BCUT2D eigenvalue weighted by Gasteiger charge is -2.06. The molecule has 0 spiro atoms. The van der Waals surface area contributed by atoms with Gasteiger partial charge in [-0.25, -0.2) is 9.37 Å². The van der Waals surface area contributed by atoms with Crippen LogP contribution in [-0.2, 0) is 0 Å². The van der Waals surface area contributed by atoms with E-state index in [9.17, 15) is 9.18 Å². The van der Waals surface area contributed by atoms with Gasteiger partial charge in [0, 0.05) is 16.8 Å². The zero-order chi connectivity index (χ0) is 15.2. The molecule has 2 aromatic rings. The molecule has 1 aromatic carbocycles. The van der Waals surface area contributed by atoms with Gasteiger partial charge in [0.15, 0.2) is 0 Å². The lowest BCUT2D eigenvalue weighted by Crippen LogP contribution is -2.14. The van der Waals surface area contributed by atoms with Gasteiger partial charge in [0.2, 0.25) is 0 Å². The van der Waals surface area contributed by atoms with Gasteiger partial charge in [-0.05, 0) is 30.3 Å². The van der Waals surface area contributed by atoms with E-state index in [2.05, 4.69) is 22.1 Å².